The highest BCUT2D eigenvalue weighted by Gasteiger charge is 2.34. The highest BCUT2D eigenvalue weighted by Crippen LogP contribution is 2.22. The molecular formula is C11H12O6S. The summed E-state index contributed by atoms with van der Waals surface area (Å²) < 4.78 is 24.2. The molecule has 18 heavy (non-hydrogen) atoms. The zero-order chi connectivity index (χ0) is 13.9. The topological polar surface area (TPSA) is 109 Å². The molecule has 0 radical (unpaired) electrons. The van der Waals surface area contributed by atoms with E-state index in [1.807, 2.05) is 0 Å². The van der Waals surface area contributed by atoms with Gasteiger partial charge in [-0.25, -0.2) is 13.2 Å². The van der Waals surface area contributed by atoms with Crippen molar-refractivity contribution in [2.24, 2.45) is 0 Å². The third-order valence-corrected chi connectivity index (χ3v) is 4.70. The Labute approximate surface area is 104 Å². The van der Waals surface area contributed by atoms with Crippen LogP contribution in [0.4, 0.5) is 0 Å². The van der Waals surface area contributed by atoms with Gasteiger partial charge in [0.05, 0.1) is 10.5 Å². The quantitative estimate of drug-likeness (QED) is 0.828. The molecule has 0 amide bonds. The van der Waals surface area contributed by atoms with Crippen LogP contribution in [0.5, 0.6) is 0 Å². The molecular weight excluding hydrogens is 260 g/mol. The van der Waals surface area contributed by atoms with Gasteiger partial charge in [0.25, 0.3) is 0 Å². The number of benzene rings is 1. The number of carbonyl (C=O) groups is 2. The van der Waals surface area contributed by atoms with Gasteiger partial charge in [-0.15, -0.1) is 0 Å². The summed E-state index contributed by atoms with van der Waals surface area (Å²) in [6.45, 7) is 1.42. The van der Waals surface area contributed by atoms with Gasteiger partial charge in [-0.3, -0.25) is 4.79 Å². The van der Waals surface area contributed by atoms with Crippen molar-refractivity contribution in [3.63, 3.8) is 0 Å². The molecule has 6 nitrogen and oxygen atoms in total. The summed E-state index contributed by atoms with van der Waals surface area (Å²) in [7, 11) is -4.21. The van der Waals surface area contributed by atoms with Crippen molar-refractivity contribution in [3.05, 3.63) is 29.8 Å². The minimum Gasteiger partial charge on any atom is -0.480 e. The molecule has 0 fully saturated rings. The molecule has 98 valence electrons. The average Bonchev–Trinajstić information content (AvgIpc) is 2.28. The van der Waals surface area contributed by atoms with E-state index in [1.165, 1.54) is 19.1 Å². The number of rotatable bonds is 5. The predicted octanol–water partition coefficient (Wildman–Crippen LogP) is 1.02. The Morgan fingerprint density at radius 1 is 1.22 bits per heavy atom. The van der Waals surface area contributed by atoms with E-state index in [0.717, 1.165) is 12.1 Å². The van der Waals surface area contributed by atoms with E-state index in [0.29, 0.717) is 0 Å². The van der Waals surface area contributed by atoms with E-state index in [2.05, 4.69) is 0 Å². The van der Waals surface area contributed by atoms with Crippen molar-refractivity contribution in [2.75, 3.05) is 0 Å². The Morgan fingerprint density at radius 3 is 2.22 bits per heavy atom. The highest BCUT2D eigenvalue weighted by atomic mass is 32.2. The fraction of sp³-hybridized carbons (Fsp3) is 0.273. The number of sulfone groups is 1. The molecule has 0 bridgehead atoms. The molecule has 0 aliphatic carbocycles. The maximum Gasteiger partial charge on any atom is 0.337 e. The van der Waals surface area contributed by atoms with Crippen LogP contribution >= 0.6 is 0 Å². The van der Waals surface area contributed by atoms with Crippen molar-refractivity contribution in [1.29, 1.82) is 0 Å². The molecule has 0 saturated heterocycles. The van der Waals surface area contributed by atoms with Crippen LogP contribution in [0, 0.1) is 0 Å². The Bertz CT molecular complexity index is 575. The monoisotopic (exact) mass is 272 g/mol. The van der Waals surface area contributed by atoms with Crippen molar-refractivity contribution >= 4 is 21.8 Å². The molecule has 0 saturated carbocycles. The van der Waals surface area contributed by atoms with Gasteiger partial charge in [0.15, 0.2) is 15.1 Å². The lowest BCUT2D eigenvalue weighted by molar-refractivity contribution is -0.136. The SMILES string of the molecule is CCC(C(=O)O)S(=O)(=O)c1ccccc1C(=O)O. The molecule has 1 unspecified atom stereocenters. The lowest BCUT2D eigenvalue weighted by atomic mass is 10.2. The summed E-state index contributed by atoms with van der Waals surface area (Å²) >= 11 is 0. The summed E-state index contributed by atoms with van der Waals surface area (Å²) in [5, 5.41) is 16.1. The van der Waals surface area contributed by atoms with Crippen LogP contribution in [0.15, 0.2) is 29.2 Å². The lowest BCUT2D eigenvalue weighted by Gasteiger charge is -2.13. The van der Waals surface area contributed by atoms with Gasteiger partial charge in [-0.2, -0.15) is 0 Å². The van der Waals surface area contributed by atoms with Crippen LogP contribution in [0.1, 0.15) is 23.7 Å². The smallest absolute Gasteiger partial charge is 0.337 e. The number of hydrogen-bond acceptors (Lipinski definition) is 4. The van der Waals surface area contributed by atoms with Crippen molar-refractivity contribution < 1.29 is 28.2 Å². The van der Waals surface area contributed by atoms with E-state index in [4.69, 9.17) is 10.2 Å². The lowest BCUT2D eigenvalue weighted by Crippen LogP contribution is -2.30. The van der Waals surface area contributed by atoms with E-state index in [-0.39, 0.29) is 6.42 Å². The van der Waals surface area contributed by atoms with Gasteiger partial charge >= 0.3 is 11.9 Å². The molecule has 0 aromatic heterocycles. The van der Waals surface area contributed by atoms with Gasteiger partial charge in [-0.1, -0.05) is 19.1 Å². The van der Waals surface area contributed by atoms with Crippen LogP contribution in [0.25, 0.3) is 0 Å². The Morgan fingerprint density at radius 2 is 1.78 bits per heavy atom. The Kier molecular flexibility index (Phi) is 4.07. The largest absolute Gasteiger partial charge is 0.480 e. The van der Waals surface area contributed by atoms with Crippen LogP contribution in [0.2, 0.25) is 0 Å². The highest BCUT2D eigenvalue weighted by molar-refractivity contribution is 7.92. The van der Waals surface area contributed by atoms with Gasteiger partial charge in [0, 0.05) is 0 Å². The number of carboxylic acids is 2. The van der Waals surface area contributed by atoms with Crippen molar-refractivity contribution in [2.45, 2.75) is 23.5 Å². The van der Waals surface area contributed by atoms with Crippen LogP contribution < -0.4 is 0 Å². The van der Waals surface area contributed by atoms with Crippen LogP contribution in [0.3, 0.4) is 0 Å². The molecule has 0 spiro atoms. The zero-order valence-electron chi connectivity index (χ0n) is 9.53. The maximum atomic E-state index is 12.1. The summed E-state index contributed by atoms with van der Waals surface area (Å²) in [6.07, 6.45) is -0.133. The number of aromatic carboxylic acids is 1. The summed E-state index contributed by atoms with van der Waals surface area (Å²) in [5.74, 6) is -2.90. The molecule has 0 aliphatic rings. The molecule has 1 aromatic rings. The minimum absolute atomic E-state index is 0.133. The fourth-order valence-electron chi connectivity index (χ4n) is 1.57. The molecule has 0 heterocycles. The summed E-state index contributed by atoms with van der Waals surface area (Å²) in [6, 6.07) is 4.96. The first-order valence-electron chi connectivity index (χ1n) is 5.11. The molecule has 2 N–H and O–H groups in total. The molecule has 7 heteroatoms. The first kappa shape index (κ1) is 14.2. The van der Waals surface area contributed by atoms with E-state index in [1.54, 1.807) is 0 Å². The summed E-state index contributed by atoms with van der Waals surface area (Å²) in [5.41, 5.74) is -0.419. The van der Waals surface area contributed by atoms with Gasteiger partial charge in [0.1, 0.15) is 0 Å². The van der Waals surface area contributed by atoms with E-state index >= 15 is 0 Å². The van der Waals surface area contributed by atoms with E-state index in [9.17, 15) is 18.0 Å². The number of aliphatic carboxylic acids is 1. The minimum atomic E-state index is -4.21. The van der Waals surface area contributed by atoms with Crippen molar-refractivity contribution in [1.82, 2.24) is 0 Å². The second-order valence-corrected chi connectivity index (χ2v) is 5.68. The van der Waals surface area contributed by atoms with Gasteiger partial charge in [-0.05, 0) is 18.6 Å². The second-order valence-electron chi connectivity index (χ2n) is 3.58. The first-order chi connectivity index (χ1) is 8.32. The summed E-state index contributed by atoms with van der Waals surface area (Å²) in [4.78, 5) is 21.4. The molecule has 1 atom stereocenters. The van der Waals surface area contributed by atoms with Crippen LogP contribution in [-0.4, -0.2) is 35.8 Å². The van der Waals surface area contributed by atoms with Crippen LogP contribution in [-0.2, 0) is 14.6 Å². The zero-order valence-corrected chi connectivity index (χ0v) is 10.3. The molecule has 0 aliphatic heterocycles. The predicted molar refractivity (Wildman–Crippen MR) is 62.3 cm³/mol. The first-order valence-corrected chi connectivity index (χ1v) is 6.66. The van der Waals surface area contributed by atoms with E-state index < -0.39 is 37.5 Å². The maximum absolute atomic E-state index is 12.1. The Hall–Kier alpha value is -1.89. The van der Waals surface area contributed by atoms with Gasteiger partial charge in [0.2, 0.25) is 0 Å². The molecule has 1 aromatic carbocycles. The molecule has 1 rings (SSSR count). The number of hydrogen-bond donors (Lipinski definition) is 2. The number of carboxylic acid groups (broad SMARTS) is 2. The third kappa shape index (κ3) is 2.51. The van der Waals surface area contributed by atoms with Gasteiger partial charge < -0.3 is 10.2 Å². The fourth-order valence-corrected chi connectivity index (χ4v) is 3.31. The third-order valence-electron chi connectivity index (χ3n) is 2.44. The second kappa shape index (κ2) is 5.18. The average molecular weight is 272 g/mol. The van der Waals surface area contributed by atoms with Crippen molar-refractivity contribution in [3.8, 4) is 0 Å². The standard InChI is InChI=1S/C11H12O6S/c1-2-8(11(14)15)18(16,17)9-6-4-3-5-7(9)10(12)13/h3-6,8H,2H2,1H3,(H,12,13)(H,14,15). The Balaban J connectivity index is 3.46. The normalized spacial score (nSPS) is 12.9.